The number of hydrogen-bond donors (Lipinski definition) is 0. The van der Waals surface area contributed by atoms with Gasteiger partial charge in [0.2, 0.25) is 0 Å². The molecule has 3 aromatic carbocycles. The third-order valence-corrected chi connectivity index (χ3v) is 7.83. The molecule has 0 bridgehead atoms. The zero-order chi connectivity index (χ0) is 38.6. The second-order valence-electron chi connectivity index (χ2n) is 12.0. The molecule has 0 amide bonds. The van der Waals surface area contributed by atoms with Gasteiger partial charge in [-0.1, -0.05) is 67.8 Å². The van der Waals surface area contributed by atoms with Crippen LogP contribution < -0.4 is 9.47 Å². The Labute approximate surface area is 318 Å². The molecule has 0 N–H and O–H groups in total. The van der Waals surface area contributed by atoms with Crippen molar-refractivity contribution in [3.05, 3.63) is 133 Å². The van der Waals surface area contributed by atoms with E-state index in [-0.39, 0.29) is 6.61 Å². The summed E-state index contributed by atoms with van der Waals surface area (Å²) < 4.78 is 32.7. The molecule has 0 aliphatic rings. The lowest BCUT2D eigenvalue weighted by Gasteiger charge is -2.17. The van der Waals surface area contributed by atoms with Crippen molar-refractivity contribution in [2.45, 2.75) is 57.5 Å². The monoisotopic (exact) mass is 738 g/mol. The molecule has 10 nitrogen and oxygen atoms in total. The molecule has 1 unspecified atom stereocenters. The summed E-state index contributed by atoms with van der Waals surface area (Å²) in [5, 5.41) is 0. The molecule has 286 valence electrons. The quantitative estimate of drug-likeness (QED) is 0.0342. The van der Waals surface area contributed by atoms with Gasteiger partial charge in [-0.3, -0.25) is 0 Å². The van der Waals surface area contributed by atoms with Crippen LogP contribution in [0.15, 0.2) is 116 Å². The molecule has 0 saturated heterocycles. The molecular formula is C44H50O10. The highest BCUT2D eigenvalue weighted by atomic mass is 16.6. The summed E-state index contributed by atoms with van der Waals surface area (Å²) in [6.45, 7) is 8.51. The molecule has 0 aliphatic carbocycles. The first-order chi connectivity index (χ1) is 26.4. The maximum atomic E-state index is 12.8. The average molecular weight is 739 g/mol. The second kappa shape index (κ2) is 26.0. The Morgan fingerprint density at radius 1 is 0.500 bits per heavy atom. The minimum Gasteiger partial charge on any atom is -0.494 e. The number of hydrogen-bond acceptors (Lipinski definition) is 10. The summed E-state index contributed by atoms with van der Waals surface area (Å²) in [4.78, 5) is 47.4. The zero-order valence-electron chi connectivity index (χ0n) is 30.7. The topological polar surface area (TPSA) is 124 Å². The number of carbonyl (C=O) groups excluding carboxylic acids is 4. The maximum absolute atomic E-state index is 12.8. The van der Waals surface area contributed by atoms with Crippen molar-refractivity contribution in [2.24, 2.45) is 0 Å². The van der Waals surface area contributed by atoms with Crippen molar-refractivity contribution >= 4 is 36.0 Å². The number of ether oxygens (including phenoxy) is 6. The minimum absolute atomic E-state index is 0.158. The van der Waals surface area contributed by atoms with Crippen molar-refractivity contribution in [3.63, 3.8) is 0 Å². The Morgan fingerprint density at radius 3 is 1.41 bits per heavy atom. The Bertz CT molecular complexity index is 1640. The lowest BCUT2D eigenvalue weighted by molar-refractivity contribution is -0.153. The van der Waals surface area contributed by atoms with Crippen LogP contribution in [0.5, 0.6) is 11.5 Å². The smallest absolute Gasteiger partial charge is 0.331 e. The van der Waals surface area contributed by atoms with Crippen molar-refractivity contribution in [1.82, 2.24) is 0 Å². The summed E-state index contributed by atoms with van der Waals surface area (Å²) in [6, 6.07) is 23.8. The van der Waals surface area contributed by atoms with Gasteiger partial charge in [-0.15, -0.1) is 0 Å². The van der Waals surface area contributed by atoms with Gasteiger partial charge in [-0.25, -0.2) is 19.2 Å². The van der Waals surface area contributed by atoms with Crippen molar-refractivity contribution < 1.29 is 47.6 Å². The fourth-order valence-electron chi connectivity index (χ4n) is 4.89. The Kier molecular flexibility index (Phi) is 20.4. The number of carbonyl (C=O) groups is 4. The van der Waals surface area contributed by atoms with Gasteiger partial charge in [0.25, 0.3) is 0 Å². The van der Waals surface area contributed by atoms with E-state index in [0.29, 0.717) is 32.0 Å². The third-order valence-electron chi connectivity index (χ3n) is 7.83. The molecule has 0 heterocycles. The Morgan fingerprint density at radius 2 is 0.944 bits per heavy atom. The van der Waals surface area contributed by atoms with Crippen LogP contribution in [0.3, 0.4) is 0 Å². The van der Waals surface area contributed by atoms with E-state index in [1.54, 1.807) is 24.3 Å². The van der Waals surface area contributed by atoms with Crippen LogP contribution in [0, 0.1) is 0 Å². The third kappa shape index (κ3) is 18.5. The van der Waals surface area contributed by atoms with E-state index < -0.39 is 30.0 Å². The van der Waals surface area contributed by atoms with E-state index in [9.17, 15) is 19.2 Å². The molecule has 0 aromatic heterocycles. The summed E-state index contributed by atoms with van der Waals surface area (Å²) >= 11 is 0. The largest absolute Gasteiger partial charge is 0.494 e. The van der Waals surface area contributed by atoms with Gasteiger partial charge >= 0.3 is 23.9 Å². The first-order valence-electron chi connectivity index (χ1n) is 18.2. The molecule has 0 spiro atoms. The van der Waals surface area contributed by atoms with Gasteiger partial charge in [0.1, 0.15) is 18.1 Å². The van der Waals surface area contributed by atoms with Crippen LogP contribution in [0.1, 0.15) is 74.2 Å². The molecule has 0 aliphatic heterocycles. The molecule has 0 saturated carbocycles. The van der Waals surface area contributed by atoms with Crippen LogP contribution in [0.25, 0.3) is 12.2 Å². The highest BCUT2D eigenvalue weighted by Crippen LogP contribution is 2.20. The normalized spacial score (nSPS) is 11.4. The van der Waals surface area contributed by atoms with E-state index in [0.717, 1.165) is 86.1 Å². The molecule has 0 fully saturated rings. The molecule has 3 aromatic rings. The number of rotatable bonds is 26. The predicted octanol–water partition coefficient (Wildman–Crippen LogP) is 8.58. The van der Waals surface area contributed by atoms with Crippen LogP contribution in [0.4, 0.5) is 0 Å². The van der Waals surface area contributed by atoms with E-state index in [1.165, 1.54) is 12.2 Å². The Hall–Kier alpha value is -5.90. The standard InChI is InChI=1S/C44H50O10/c1-3-41(45)51-32-14-7-5-12-30-49-38-24-18-35(19-25-38)22-28-43(47)53-34-40(37-16-10-9-11-17-37)54-44(48)29-23-36-20-26-39(27-21-36)50-31-13-6-8-15-33-52-42(46)4-2/h3-4,9-11,16-29,40H,1-2,5-8,12-15,30-34H2/b28-22+,29-23+. The summed E-state index contributed by atoms with van der Waals surface area (Å²) in [6.07, 6.45) is 14.6. The number of esters is 4. The maximum Gasteiger partial charge on any atom is 0.331 e. The summed E-state index contributed by atoms with van der Waals surface area (Å²) in [5.41, 5.74) is 2.28. The van der Waals surface area contributed by atoms with Crippen LogP contribution in [-0.2, 0) is 38.1 Å². The second-order valence-corrected chi connectivity index (χ2v) is 12.0. The minimum atomic E-state index is -0.801. The van der Waals surface area contributed by atoms with E-state index in [1.807, 2.05) is 66.7 Å². The lowest BCUT2D eigenvalue weighted by Crippen LogP contribution is -2.17. The average Bonchev–Trinajstić information content (AvgIpc) is 3.20. The highest BCUT2D eigenvalue weighted by molar-refractivity contribution is 5.88. The van der Waals surface area contributed by atoms with Crippen molar-refractivity contribution in [2.75, 3.05) is 33.0 Å². The number of benzene rings is 3. The highest BCUT2D eigenvalue weighted by Gasteiger charge is 2.17. The number of unbranched alkanes of at least 4 members (excludes halogenated alkanes) is 6. The van der Waals surface area contributed by atoms with Crippen LogP contribution >= 0.6 is 0 Å². The van der Waals surface area contributed by atoms with E-state index in [4.69, 9.17) is 28.4 Å². The van der Waals surface area contributed by atoms with Gasteiger partial charge in [0, 0.05) is 24.3 Å². The predicted molar refractivity (Wildman–Crippen MR) is 207 cm³/mol. The molecule has 1 atom stereocenters. The van der Waals surface area contributed by atoms with E-state index >= 15 is 0 Å². The van der Waals surface area contributed by atoms with Gasteiger partial charge in [-0.05, 0) is 104 Å². The SMILES string of the molecule is C=CC(=O)OCCCCCCOc1ccc(/C=C/C(=O)OCC(OC(=O)/C=C/c2ccc(OCCCCCCOC(=O)C=C)cc2)c2ccccc2)cc1. The summed E-state index contributed by atoms with van der Waals surface area (Å²) in [7, 11) is 0. The van der Waals surface area contributed by atoms with E-state index in [2.05, 4.69) is 13.2 Å². The first kappa shape index (κ1) is 42.5. The fraction of sp³-hybridized carbons (Fsp3) is 0.318. The van der Waals surface area contributed by atoms with Gasteiger partial charge in [0.15, 0.2) is 6.10 Å². The molecular weight excluding hydrogens is 688 g/mol. The zero-order valence-corrected chi connectivity index (χ0v) is 30.7. The molecule has 3 rings (SSSR count). The Balaban J connectivity index is 1.37. The van der Waals surface area contributed by atoms with Gasteiger partial charge in [0.05, 0.1) is 26.4 Å². The van der Waals surface area contributed by atoms with Gasteiger partial charge < -0.3 is 28.4 Å². The first-order valence-corrected chi connectivity index (χ1v) is 18.2. The van der Waals surface area contributed by atoms with Crippen LogP contribution in [0.2, 0.25) is 0 Å². The lowest BCUT2D eigenvalue weighted by atomic mass is 10.1. The van der Waals surface area contributed by atoms with Crippen LogP contribution in [-0.4, -0.2) is 56.9 Å². The summed E-state index contributed by atoms with van der Waals surface area (Å²) in [5.74, 6) is -0.503. The van der Waals surface area contributed by atoms with Crippen molar-refractivity contribution in [1.29, 1.82) is 0 Å². The fourth-order valence-corrected chi connectivity index (χ4v) is 4.89. The van der Waals surface area contributed by atoms with Gasteiger partial charge in [-0.2, -0.15) is 0 Å². The molecule has 0 radical (unpaired) electrons. The molecule has 54 heavy (non-hydrogen) atoms. The van der Waals surface area contributed by atoms with Crippen molar-refractivity contribution in [3.8, 4) is 11.5 Å². The molecule has 10 heteroatoms.